The summed E-state index contributed by atoms with van der Waals surface area (Å²) in [6, 6.07) is -0.191. The number of amides is 2. The van der Waals surface area contributed by atoms with Gasteiger partial charge < -0.3 is 5.32 Å². The molecule has 0 saturated carbocycles. The van der Waals surface area contributed by atoms with Crippen molar-refractivity contribution in [2.75, 3.05) is 11.9 Å². The van der Waals surface area contributed by atoms with Crippen LogP contribution in [0.25, 0.3) is 0 Å². The lowest BCUT2D eigenvalue weighted by molar-refractivity contribution is 0.249. The second kappa shape index (κ2) is 6.49. The van der Waals surface area contributed by atoms with E-state index in [9.17, 15) is 4.79 Å². The van der Waals surface area contributed by atoms with E-state index in [2.05, 4.69) is 33.0 Å². The molecule has 1 heterocycles. The van der Waals surface area contributed by atoms with Crippen molar-refractivity contribution in [1.82, 2.24) is 15.5 Å². The average Bonchev–Trinajstić information content (AvgIpc) is 2.85. The van der Waals surface area contributed by atoms with E-state index in [1.165, 1.54) is 11.3 Å². The van der Waals surface area contributed by atoms with Crippen LogP contribution in [0.15, 0.2) is 12.2 Å². The zero-order valence-electron chi connectivity index (χ0n) is 10.5. The quantitative estimate of drug-likeness (QED) is 0.823. The SMILES string of the molecule is CCc1nnc(NC(=O)NCC2CC=CCC2)s1. The predicted molar refractivity (Wildman–Crippen MR) is 72.8 cm³/mol. The first-order chi connectivity index (χ1) is 8.78. The number of anilines is 1. The Morgan fingerprint density at radius 3 is 3.06 bits per heavy atom. The Labute approximate surface area is 111 Å². The van der Waals surface area contributed by atoms with Crippen molar-refractivity contribution >= 4 is 22.5 Å². The van der Waals surface area contributed by atoms with Crippen LogP contribution in [0.3, 0.4) is 0 Å². The minimum Gasteiger partial charge on any atom is -0.338 e. The van der Waals surface area contributed by atoms with Gasteiger partial charge in [-0.2, -0.15) is 0 Å². The molecule has 0 radical (unpaired) electrons. The zero-order chi connectivity index (χ0) is 12.8. The maximum atomic E-state index is 11.7. The summed E-state index contributed by atoms with van der Waals surface area (Å²) in [5, 5.41) is 15.0. The van der Waals surface area contributed by atoms with Crippen molar-refractivity contribution in [3.63, 3.8) is 0 Å². The molecule has 1 unspecified atom stereocenters. The number of allylic oxidation sites excluding steroid dienone is 2. The van der Waals surface area contributed by atoms with E-state index in [4.69, 9.17) is 0 Å². The van der Waals surface area contributed by atoms with Crippen molar-refractivity contribution in [2.24, 2.45) is 5.92 Å². The van der Waals surface area contributed by atoms with Gasteiger partial charge >= 0.3 is 6.03 Å². The van der Waals surface area contributed by atoms with Crippen molar-refractivity contribution in [2.45, 2.75) is 32.6 Å². The molecule has 0 bridgehead atoms. The molecule has 0 aliphatic heterocycles. The second-order valence-electron chi connectivity index (χ2n) is 4.34. The highest BCUT2D eigenvalue weighted by atomic mass is 32.1. The standard InChI is InChI=1S/C12H18N4OS/c1-2-10-15-16-12(18-10)14-11(17)13-8-9-6-4-3-5-7-9/h3-4,9H,2,5-8H2,1H3,(H2,13,14,16,17). The normalized spacial score (nSPS) is 18.6. The largest absolute Gasteiger partial charge is 0.338 e. The van der Waals surface area contributed by atoms with Gasteiger partial charge in [0, 0.05) is 6.54 Å². The fourth-order valence-corrected chi connectivity index (χ4v) is 2.54. The smallest absolute Gasteiger partial charge is 0.321 e. The van der Waals surface area contributed by atoms with E-state index in [-0.39, 0.29) is 6.03 Å². The van der Waals surface area contributed by atoms with Crippen molar-refractivity contribution in [3.05, 3.63) is 17.2 Å². The molecule has 1 aromatic heterocycles. The summed E-state index contributed by atoms with van der Waals surface area (Å²) in [6.45, 7) is 2.73. The molecule has 98 valence electrons. The molecule has 1 aliphatic carbocycles. The summed E-state index contributed by atoms with van der Waals surface area (Å²) >= 11 is 1.42. The maximum absolute atomic E-state index is 11.7. The highest BCUT2D eigenvalue weighted by Gasteiger charge is 2.12. The van der Waals surface area contributed by atoms with E-state index < -0.39 is 0 Å². The van der Waals surface area contributed by atoms with Gasteiger partial charge in [-0.05, 0) is 31.6 Å². The predicted octanol–water partition coefficient (Wildman–Crippen LogP) is 2.58. The van der Waals surface area contributed by atoms with Crippen LogP contribution in [0.4, 0.5) is 9.93 Å². The van der Waals surface area contributed by atoms with Crippen LogP contribution < -0.4 is 10.6 Å². The summed E-state index contributed by atoms with van der Waals surface area (Å²) in [5.74, 6) is 0.557. The molecule has 2 amide bonds. The molecule has 0 saturated heterocycles. The fraction of sp³-hybridized carbons (Fsp3) is 0.583. The van der Waals surface area contributed by atoms with Gasteiger partial charge in [-0.3, -0.25) is 5.32 Å². The van der Waals surface area contributed by atoms with Crippen molar-refractivity contribution in [1.29, 1.82) is 0 Å². The Bertz CT molecular complexity index is 429. The summed E-state index contributed by atoms with van der Waals surface area (Å²) in [5.41, 5.74) is 0. The lowest BCUT2D eigenvalue weighted by atomic mass is 9.94. The second-order valence-corrected chi connectivity index (χ2v) is 5.40. The number of hydrogen-bond donors (Lipinski definition) is 2. The Kier molecular flexibility index (Phi) is 4.69. The molecule has 2 N–H and O–H groups in total. The highest BCUT2D eigenvalue weighted by Crippen LogP contribution is 2.17. The highest BCUT2D eigenvalue weighted by molar-refractivity contribution is 7.15. The minimum absolute atomic E-state index is 0.191. The lowest BCUT2D eigenvalue weighted by Crippen LogP contribution is -2.33. The van der Waals surface area contributed by atoms with Gasteiger partial charge in [-0.15, -0.1) is 10.2 Å². The van der Waals surface area contributed by atoms with Crippen molar-refractivity contribution in [3.8, 4) is 0 Å². The number of aryl methyl sites for hydroxylation is 1. The molecule has 2 rings (SSSR count). The zero-order valence-corrected chi connectivity index (χ0v) is 11.3. The number of urea groups is 1. The molecule has 18 heavy (non-hydrogen) atoms. The maximum Gasteiger partial charge on any atom is 0.321 e. The van der Waals surface area contributed by atoms with Gasteiger partial charge in [0.05, 0.1) is 0 Å². The van der Waals surface area contributed by atoms with Gasteiger partial charge in [0.1, 0.15) is 5.01 Å². The third kappa shape index (κ3) is 3.80. The number of aromatic nitrogens is 2. The monoisotopic (exact) mass is 266 g/mol. The third-order valence-electron chi connectivity index (χ3n) is 2.92. The van der Waals surface area contributed by atoms with E-state index in [1.807, 2.05) is 6.92 Å². The molecule has 5 nitrogen and oxygen atoms in total. The number of nitrogens with zero attached hydrogens (tertiary/aromatic N) is 2. The number of rotatable bonds is 4. The third-order valence-corrected chi connectivity index (χ3v) is 3.90. The minimum atomic E-state index is -0.191. The lowest BCUT2D eigenvalue weighted by Gasteiger charge is -2.17. The van der Waals surface area contributed by atoms with Crippen LogP contribution in [-0.2, 0) is 6.42 Å². The summed E-state index contributed by atoms with van der Waals surface area (Å²) in [6.07, 6.45) is 8.55. The Hall–Kier alpha value is -1.43. The summed E-state index contributed by atoms with van der Waals surface area (Å²) in [4.78, 5) is 11.7. The first kappa shape index (κ1) is 13.0. The van der Waals surface area contributed by atoms with Gasteiger partial charge in [0.2, 0.25) is 5.13 Å². The van der Waals surface area contributed by atoms with Crippen LogP contribution in [0.5, 0.6) is 0 Å². The molecular formula is C12H18N4OS. The fourth-order valence-electron chi connectivity index (χ4n) is 1.87. The Morgan fingerprint density at radius 1 is 1.50 bits per heavy atom. The molecule has 0 fully saturated rings. The molecule has 0 aromatic carbocycles. The number of carbonyl (C=O) groups is 1. The van der Waals surface area contributed by atoms with E-state index >= 15 is 0 Å². The average molecular weight is 266 g/mol. The molecule has 1 atom stereocenters. The molecule has 1 aromatic rings. The first-order valence-corrected chi connectivity index (χ1v) is 7.11. The van der Waals surface area contributed by atoms with Crippen LogP contribution in [-0.4, -0.2) is 22.8 Å². The topological polar surface area (TPSA) is 66.9 Å². The van der Waals surface area contributed by atoms with Gasteiger partial charge in [0.15, 0.2) is 0 Å². The van der Waals surface area contributed by atoms with E-state index in [1.54, 1.807) is 0 Å². The van der Waals surface area contributed by atoms with Crippen LogP contribution in [0.2, 0.25) is 0 Å². The summed E-state index contributed by atoms with van der Waals surface area (Å²) < 4.78 is 0. The Balaban J connectivity index is 1.73. The van der Waals surface area contributed by atoms with E-state index in [0.29, 0.717) is 11.0 Å². The number of nitrogens with one attached hydrogen (secondary N) is 2. The van der Waals surface area contributed by atoms with Gasteiger partial charge in [0.25, 0.3) is 0 Å². The first-order valence-electron chi connectivity index (χ1n) is 6.30. The molecule has 1 aliphatic rings. The molecule has 6 heteroatoms. The number of hydrogen-bond acceptors (Lipinski definition) is 4. The van der Waals surface area contributed by atoms with Crippen molar-refractivity contribution < 1.29 is 4.79 Å². The molecule has 0 spiro atoms. The van der Waals surface area contributed by atoms with Crippen LogP contribution in [0, 0.1) is 5.92 Å². The number of carbonyl (C=O) groups excluding carboxylic acids is 1. The Morgan fingerprint density at radius 2 is 2.39 bits per heavy atom. The van der Waals surface area contributed by atoms with Crippen LogP contribution >= 0.6 is 11.3 Å². The van der Waals surface area contributed by atoms with Gasteiger partial charge in [-0.1, -0.05) is 30.4 Å². The van der Waals surface area contributed by atoms with E-state index in [0.717, 1.165) is 37.2 Å². The molecular weight excluding hydrogens is 248 g/mol. The summed E-state index contributed by atoms with van der Waals surface area (Å²) in [7, 11) is 0. The van der Waals surface area contributed by atoms with Crippen LogP contribution in [0.1, 0.15) is 31.2 Å². The van der Waals surface area contributed by atoms with Gasteiger partial charge in [-0.25, -0.2) is 4.79 Å².